The van der Waals surface area contributed by atoms with Crippen LogP contribution in [0.1, 0.15) is 22.0 Å². The van der Waals surface area contributed by atoms with E-state index in [0.29, 0.717) is 36.8 Å². The number of methoxy groups -OCH3 is 1. The molecule has 27 heavy (non-hydrogen) atoms. The summed E-state index contributed by atoms with van der Waals surface area (Å²) in [4.78, 5) is 29.0. The number of piperazine rings is 1. The van der Waals surface area contributed by atoms with Gasteiger partial charge in [0.2, 0.25) is 0 Å². The van der Waals surface area contributed by atoms with Crippen LogP contribution in [0.2, 0.25) is 5.02 Å². The third kappa shape index (κ3) is 4.69. The lowest BCUT2D eigenvalue weighted by Gasteiger charge is -2.38. The molecule has 1 fully saturated rings. The van der Waals surface area contributed by atoms with Gasteiger partial charge in [0, 0.05) is 41.2 Å². The van der Waals surface area contributed by atoms with Gasteiger partial charge in [0.1, 0.15) is 6.04 Å². The Morgan fingerprint density at radius 1 is 1.07 bits per heavy atom. The molecular formula is C20H20BrClN2O3. The number of benzene rings is 2. The fourth-order valence-electron chi connectivity index (χ4n) is 3.24. The third-order valence-electron chi connectivity index (χ3n) is 4.65. The number of nitrogens with zero attached hydrogens (tertiary/aromatic N) is 2. The standard InChI is InChI=1S/C20H20BrClN2O3/c1-27-20(26)18(14-5-7-17(22)8-6-14)23-9-11-24(12-10-23)19(25)15-3-2-4-16(21)13-15/h2-8,13,18H,9-12H2,1H3. The van der Waals surface area contributed by atoms with Crippen molar-refractivity contribution in [3.8, 4) is 0 Å². The Morgan fingerprint density at radius 2 is 1.74 bits per heavy atom. The van der Waals surface area contributed by atoms with Crippen molar-refractivity contribution in [1.82, 2.24) is 9.80 Å². The maximum atomic E-state index is 12.7. The molecule has 1 atom stereocenters. The summed E-state index contributed by atoms with van der Waals surface area (Å²) in [6, 6.07) is 14.1. The van der Waals surface area contributed by atoms with E-state index in [-0.39, 0.29) is 11.9 Å². The van der Waals surface area contributed by atoms with Crippen LogP contribution in [0.3, 0.4) is 0 Å². The number of carbonyl (C=O) groups excluding carboxylic acids is 2. The molecule has 1 aliphatic heterocycles. The van der Waals surface area contributed by atoms with Crippen molar-refractivity contribution < 1.29 is 14.3 Å². The predicted molar refractivity (Wildman–Crippen MR) is 108 cm³/mol. The minimum atomic E-state index is -0.504. The fourth-order valence-corrected chi connectivity index (χ4v) is 3.77. The van der Waals surface area contributed by atoms with Crippen LogP contribution in [0.15, 0.2) is 53.0 Å². The molecule has 0 N–H and O–H groups in total. The molecule has 0 bridgehead atoms. The second kappa shape index (κ2) is 8.87. The monoisotopic (exact) mass is 450 g/mol. The lowest BCUT2D eigenvalue weighted by molar-refractivity contribution is -0.148. The molecule has 1 amide bonds. The van der Waals surface area contributed by atoms with Crippen LogP contribution < -0.4 is 0 Å². The predicted octanol–water partition coefficient (Wildman–Crippen LogP) is 3.77. The van der Waals surface area contributed by atoms with Crippen LogP contribution in [0.25, 0.3) is 0 Å². The van der Waals surface area contributed by atoms with Crippen molar-refractivity contribution in [3.63, 3.8) is 0 Å². The average molecular weight is 452 g/mol. The molecule has 1 heterocycles. The van der Waals surface area contributed by atoms with Gasteiger partial charge in [0.05, 0.1) is 7.11 Å². The summed E-state index contributed by atoms with van der Waals surface area (Å²) >= 11 is 9.36. The Labute approximate surface area is 172 Å². The van der Waals surface area contributed by atoms with Crippen LogP contribution in [0, 0.1) is 0 Å². The molecule has 0 aliphatic carbocycles. The highest BCUT2D eigenvalue weighted by Gasteiger charge is 2.32. The van der Waals surface area contributed by atoms with Gasteiger partial charge >= 0.3 is 5.97 Å². The summed E-state index contributed by atoms with van der Waals surface area (Å²) < 4.78 is 5.88. The van der Waals surface area contributed by atoms with Crippen molar-refractivity contribution in [2.75, 3.05) is 33.3 Å². The second-order valence-corrected chi connectivity index (χ2v) is 7.67. The Balaban J connectivity index is 1.71. The topological polar surface area (TPSA) is 49.9 Å². The molecule has 1 aliphatic rings. The van der Waals surface area contributed by atoms with E-state index in [2.05, 4.69) is 15.9 Å². The highest BCUT2D eigenvalue weighted by Crippen LogP contribution is 2.25. The Hall–Kier alpha value is -1.89. The van der Waals surface area contributed by atoms with Gasteiger partial charge in [0.25, 0.3) is 5.91 Å². The fraction of sp³-hybridized carbons (Fsp3) is 0.300. The van der Waals surface area contributed by atoms with Crippen molar-refractivity contribution in [3.05, 3.63) is 69.2 Å². The molecule has 1 unspecified atom stereocenters. The van der Waals surface area contributed by atoms with Gasteiger partial charge in [-0.05, 0) is 35.9 Å². The second-order valence-electron chi connectivity index (χ2n) is 6.32. The SMILES string of the molecule is COC(=O)C(c1ccc(Cl)cc1)N1CCN(C(=O)c2cccc(Br)c2)CC1. The molecule has 0 radical (unpaired) electrons. The van der Waals surface area contributed by atoms with Gasteiger partial charge in [-0.25, -0.2) is 4.79 Å². The molecule has 1 saturated heterocycles. The number of hydrogen-bond acceptors (Lipinski definition) is 4. The summed E-state index contributed by atoms with van der Waals surface area (Å²) in [6.07, 6.45) is 0. The van der Waals surface area contributed by atoms with Gasteiger partial charge in [-0.1, -0.05) is 45.7 Å². The van der Waals surface area contributed by atoms with E-state index >= 15 is 0 Å². The number of rotatable bonds is 4. The van der Waals surface area contributed by atoms with Gasteiger partial charge in [-0.2, -0.15) is 0 Å². The molecule has 2 aromatic rings. The van der Waals surface area contributed by atoms with Crippen molar-refractivity contribution in [2.45, 2.75) is 6.04 Å². The van der Waals surface area contributed by atoms with Crippen LogP contribution in [-0.2, 0) is 9.53 Å². The number of hydrogen-bond donors (Lipinski definition) is 0. The normalized spacial score (nSPS) is 16.0. The van der Waals surface area contributed by atoms with E-state index in [9.17, 15) is 9.59 Å². The Morgan fingerprint density at radius 3 is 2.33 bits per heavy atom. The van der Waals surface area contributed by atoms with Crippen molar-refractivity contribution in [1.29, 1.82) is 0 Å². The largest absolute Gasteiger partial charge is 0.468 e. The highest BCUT2D eigenvalue weighted by atomic mass is 79.9. The lowest BCUT2D eigenvalue weighted by atomic mass is 10.0. The third-order valence-corrected chi connectivity index (χ3v) is 5.39. The van der Waals surface area contributed by atoms with Gasteiger partial charge in [-0.3, -0.25) is 9.69 Å². The van der Waals surface area contributed by atoms with E-state index in [4.69, 9.17) is 16.3 Å². The molecular weight excluding hydrogens is 432 g/mol. The van der Waals surface area contributed by atoms with Crippen LogP contribution in [0.5, 0.6) is 0 Å². The molecule has 0 spiro atoms. The number of esters is 1. The van der Waals surface area contributed by atoms with Crippen molar-refractivity contribution in [2.24, 2.45) is 0 Å². The zero-order valence-electron chi connectivity index (χ0n) is 14.9. The first kappa shape index (κ1) is 19.9. The van der Waals surface area contributed by atoms with Crippen LogP contribution >= 0.6 is 27.5 Å². The molecule has 0 saturated carbocycles. The summed E-state index contributed by atoms with van der Waals surface area (Å²) in [5, 5.41) is 0.617. The summed E-state index contributed by atoms with van der Waals surface area (Å²) in [6.45, 7) is 2.27. The summed E-state index contributed by atoms with van der Waals surface area (Å²) in [5.41, 5.74) is 1.48. The van der Waals surface area contributed by atoms with E-state index in [1.807, 2.05) is 46.2 Å². The molecule has 142 valence electrons. The molecule has 5 nitrogen and oxygen atoms in total. The highest BCUT2D eigenvalue weighted by molar-refractivity contribution is 9.10. The molecule has 3 rings (SSSR count). The first-order valence-corrected chi connectivity index (χ1v) is 9.79. The minimum absolute atomic E-state index is 0.00272. The zero-order chi connectivity index (χ0) is 19.4. The van der Waals surface area contributed by atoms with E-state index in [1.54, 1.807) is 12.1 Å². The summed E-state index contributed by atoms with van der Waals surface area (Å²) in [5.74, 6) is -0.318. The Kier molecular flexibility index (Phi) is 6.52. The minimum Gasteiger partial charge on any atom is -0.468 e. The summed E-state index contributed by atoms with van der Waals surface area (Å²) in [7, 11) is 1.39. The van der Waals surface area contributed by atoms with Gasteiger partial charge in [0.15, 0.2) is 0 Å². The maximum Gasteiger partial charge on any atom is 0.327 e. The number of halogens is 2. The lowest BCUT2D eigenvalue weighted by Crippen LogP contribution is -2.51. The first-order chi connectivity index (χ1) is 13.0. The van der Waals surface area contributed by atoms with E-state index < -0.39 is 6.04 Å². The van der Waals surface area contributed by atoms with Gasteiger partial charge in [-0.15, -0.1) is 0 Å². The van der Waals surface area contributed by atoms with Crippen LogP contribution in [-0.4, -0.2) is 55.0 Å². The zero-order valence-corrected chi connectivity index (χ0v) is 17.2. The quantitative estimate of drug-likeness (QED) is 0.664. The molecule has 0 aromatic heterocycles. The molecule has 2 aromatic carbocycles. The first-order valence-electron chi connectivity index (χ1n) is 8.62. The number of amides is 1. The van der Waals surface area contributed by atoms with Crippen LogP contribution in [0.4, 0.5) is 0 Å². The number of carbonyl (C=O) groups is 2. The van der Waals surface area contributed by atoms with E-state index in [1.165, 1.54) is 7.11 Å². The van der Waals surface area contributed by atoms with Gasteiger partial charge < -0.3 is 9.64 Å². The average Bonchev–Trinajstić information content (AvgIpc) is 2.69. The molecule has 7 heteroatoms. The Bertz CT molecular complexity index is 820. The maximum absolute atomic E-state index is 12.7. The smallest absolute Gasteiger partial charge is 0.327 e. The number of ether oxygens (including phenoxy) is 1. The van der Waals surface area contributed by atoms with E-state index in [0.717, 1.165) is 10.0 Å². The van der Waals surface area contributed by atoms with Crippen molar-refractivity contribution >= 4 is 39.4 Å².